The van der Waals surface area contributed by atoms with E-state index in [0.29, 0.717) is 19.4 Å². The second kappa shape index (κ2) is 13.1. The van der Waals surface area contributed by atoms with Crippen LogP contribution in [0, 0.1) is 0 Å². The molecule has 2 heterocycles. The van der Waals surface area contributed by atoms with Gasteiger partial charge in [0.2, 0.25) is 0 Å². The molecule has 4 N–H and O–H groups in total. The lowest BCUT2D eigenvalue weighted by Crippen LogP contribution is -2.59. The number of hydrogen-bond acceptors (Lipinski definition) is 8. The van der Waals surface area contributed by atoms with E-state index in [1.165, 1.54) is 9.96 Å². The minimum Gasteiger partial charge on any atom is -0.444 e. The molecule has 6 amide bonds. The van der Waals surface area contributed by atoms with Gasteiger partial charge in [-0.05, 0) is 59.9 Å². The van der Waals surface area contributed by atoms with E-state index in [4.69, 9.17) is 14.3 Å². The number of hydrogen-bond donors (Lipinski definition) is 4. The lowest BCUT2D eigenvalue weighted by Gasteiger charge is -2.29. The third-order valence-electron chi connectivity index (χ3n) is 6.00. The Hall–Kier alpha value is -4.07. The number of hydroxylamine groups is 2. The number of piperidine rings is 1. The molecular formula is C27H40N6O8. The maximum absolute atomic E-state index is 13.0. The van der Waals surface area contributed by atoms with Gasteiger partial charge in [0.25, 0.3) is 11.8 Å². The van der Waals surface area contributed by atoms with E-state index in [2.05, 4.69) is 21.5 Å². The third-order valence-corrected chi connectivity index (χ3v) is 6.00. The van der Waals surface area contributed by atoms with Crippen LogP contribution in [0.5, 0.6) is 0 Å². The second-order valence-electron chi connectivity index (χ2n) is 11.8. The highest BCUT2D eigenvalue weighted by molar-refractivity contribution is 5.92. The molecule has 2 bridgehead atoms. The molecule has 1 aromatic carbocycles. The highest BCUT2D eigenvalue weighted by Gasteiger charge is 2.48. The Morgan fingerprint density at radius 3 is 2.20 bits per heavy atom. The van der Waals surface area contributed by atoms with Gasteiger partial charge < -0.3 is 25.0 Å². The van der Waals surface area contributed by atoms with Gasteiger partial charge in [0, 0.05) is 6.54 Å². The van der Waals surface area contributed by atoms with E-state index in [1.54, 1.807) is 41.5 Å². The number of carbonyl (C=O) groups is 5. The topological polar surface area (TPSA) is 168 Å². The summed E-state index contributed by atoms with van der Waals surface area (Å²) in [4.78, 5) is 70.5. The van der Waals surface area contributed by atoms with E-state index < -0.39 is 53.3 Å². The van der Waals surface area contributed by atoms with Crippen LogP contribution in [0.25, 0.3) is 0 Å². The highest BCUT2D eigenvalue weighted by Crippen LogP contribution is 2.30. The fourth-order valence-electron chi connectivity index (χ4n) is 4.24. The van der Waals surface area contributed by atoms with Crippen LogP contribution in [0.4, 0.5) is 14.4 Å². The summed E-state index contributed by atoms with van der Waals surface area (Å²) >= 11 is 0. The summed E-state index contributed by atoms with van der Waals surface area (Å²) in [7, 11) is 0. The first-order valence-corrected chi connectivity index (χ1v) is 13.5. The molecule has 0 aliphatic carbocycles. The Bertz CT molecular complexity index is 1120. The fraction of sp³-hybridized carbons (Fsp3) is 0.593. The molecular weight excluding hydrogens is 536 g/mol. The number of benzene rings is 1. The number of urea groups is 1. The first kappa shape index (κ1) is 31.5. The lowest BCUT2D eigenvalue weighted by atomic mass is 10.0. The molecule has 0 aromatic heterocycles. The fourth-order valence-corrected chi connectivity index (χ4v) is 4.24. The quantitative estimate of drug-likeness (QED) is 0.341. The minimum absolute atomic E-state index is 0.189. The molecule has 0 saturated carbocycles. The molecule has 3 rings (SSSR count). The molecule has 2 fully saturated rings. The van der Waals surface area contributed by atoms with E-state index >= 15 is 0 Å². The van der Waals surface area contributed by atoms with Gasteiger partial charge >= 0.3 is 18.2 Å². The summed E-state index contributed by atoms with van der Waals surface area (Å²) in [5, 5.41) is 6.11. The number of rotatable bonds is 8. The number of ether oxygens (including phenoxy) is 2. The van der Waals surface area contributed by atoms with Crippen molar-refractivity contribution >= 4 is 30.0 Å². The Morgan fingerprint density at radius 1 is 0.927 bits per heavy atom. The molecule has 3 unspecified atom stereocenters. The summed E-state index contributed by atoms with van der Waals surface area (Å²) in [6.45, 7) is 10.2. The Labute approximate surface area is 239 Å². The van der Waals surface area contributed by atoms with Gasteiger partial charge in [-0.3, -0.25) is 25.3 Å². The average molecular weight is 577 g/mol. The normalized spacial score (nSPS) is 19.2. The zero-order valence-corrected chi connectivity index (χ0v) is 24.3. The smallest absolute Gasteiger partial charge is 0.408 e. The lowest BCUT2D eigenvalue weighted by molar-refractivity contribution is -0.140. The van der Waals surface area contributed by atoms with Gasteiger partial charge in [0.15, 0.2) is 0 Å². The molecule has 2 aliphatic rings. The minimum atomic E-state index is -1.32. The molecule has 2 aliphatic heterocycles. The molecule has 2 saturated heterocycles. The number of hydrazine groups is 1. The van der Waals surface area contributed by atoms with Crippen LogP contribution in [0.3, 0.4) is 0 Å². The number of nitrogens with one attached hydrogen (secondary N) is 4. The van der Waals surface area contributed by atoms with Crippen molar-refractivity contribution in [2.24, 2.45) is 0 Å². The Kier molecular flexibility index (Phi) is 10.0. The van der Waals surface area contributed by atoms with Crippen molar-refractivity contribution in [3.63, 3.8) is 0 Å². The standard InChI is InChI=1S/C27H40N6O8/c1-26(2,3)40-23(36)28-14-19(29-24(37)41-27(4,5)6)21(34)30-31-22(35)20-13-12-18-15-32(20)25(38)33(18)39-16-17-10-8-7-9-11-17/h7-11,18-20H,12-16H2,1-6H3,(H,28,36)(H,29,37)(H,30,34)(H,31,35). The van der Waals surface area contributed by atoms with Crippen molar-refractivity contribution in [3.05, 3.63) is 35.9 Å². The zero-order valence-electron chi connectivity index (χ0n) is 24.3. The third kappa shape index (κ3) is 9.52. The van der Waals surface area contributed by atoms with Crippen molar-refractivity contribution < 1.29 is 38.3 Å². The predicted octanol–water partition coefficient (Wildman–Crippen LogP) is 1.95. The van der Waals surface area contributed by atoms with Crippen LogP contribution in [0.15, 0.2) is 30.3 Å². The van der Waals surface area contributed by atoms with Crippen LogP contribution in [-0.2, 0) is 30.5 Å². The van der Waals surface area contributed by atoms with Gasteiger partial charge in [-0.1, -0.05) is 30.3 Å². The molecule has 41 heavy (non-hydrogen) atoms. The van der Waals surface area contributed by atoms with Gasteiger partial charge in [0.1, 0.15) is 29.9 Å². The van der Waals surface area contributed by atoms with Crippen LogP contribution in [0.2, 0.25) is 0 Å². The van der Waals surface area contributed by atoms with Crippen molar-refractivity contribution in [2.45, 2.75) is 90.3 Å². The first-order chi connectivity index (χ1) is 19.1. The van der Waals surface area contributed by atoms with Crippen molar-refractivity contribution in [2.75, 3.05) is 13.1 Å². The highest BCUT2D eigenvalue weighted by atomic mass is 16.7. The van der Waals surface area contributed by atoms with E-state index in [0.717, 1.165) is 5.56 Å². The van der Waals surface area contributed by atoms with Crippen molar-refractivity contribution in [1.29, 1.82) is 0 Å². The van der Waals surface area contributed by atoms with Gasteiger partial charge in [0.05, 0.1) is 12.6 Å². The molecule has 0 radical (unpaired) electrons. The van der Waals surface area contributed by atoms with Gasteiger partial charge in [-0.25, -0.2) is 14.4 Å². The SMILES string of the molecule is CC(C)(C)OC(=O)NCC(NC(=O)OC(C)(C)C)C(=O)NNC(=O)C1CCC2CN1C(=O)N2OCc1ccccc1. The molecule has 3 atom stereocenters. The maximum Gasteiger partial charge on any atom is 0.408 e. The predicted molar refractivity (Wildman–Crippen MR) is 146 cm³/mol. The summed E-state index contributed by atoms with van der Waals surface area (Å²) in [5.74, 6) is -1.43. The molecule has 14 nitrogen and oxygen atoms in total. The monoisotopic (exact) mass is 576 g/mol. The van der Waals surface area contributed by atoms with Gasteiger partial charge in [-0.2, -0.15) is 5.06 Å². The average Bonchev–Trinajstić information content (AvgIpc) is 3.11. The Morgan fingerprint density at radius 2 is 1.56 bits per heavy atom. The molecule has 14 heteroatoms. The van der Waals surface area contributed by atoms with Crippen LogP contribution < -0.4 is 21.5 Å². The number of carbonyl (C=O) groups excluding carboxylic acids is 5. The molecule has 0 spiro atoms. The Balaban J connectivity index is 1.56. The first-order valence-electron chi connectivity index (χ1n) is 13.5. The van der Waals surface area contributed by atoms with Gasteiger partial charge in [-0.15, -0.1) is 0 Å². The molecule has 226 valence electrons. The largest absolute Gasteiger partial charge is 0.444 e. The summed E-state index contributed by atoms with van der Waals surface area (Å²) in [6, 6.07) is 6.65. The van der Waals surface area contributed by atoms with E-state index in [9.17, 15) is 24.0 Å². The number of alkyl carbamates (subject to hydrolysis) is 2. The number of nitrogens with zero attached hydrogens (tertiary/aromatic N) is 2. The van der Waals surface area contributed by atoms with E-state index in [-0.39, 0.29) is 19.2 Å². The summed E-state index contributed by atoms with van der Waals surface area (Å²) < 4.78 is 10.4. The summed E-state index contributed by atoms with van der Waals surface area (Å²) in [5.41, 5.74) is 3.89. The van der Waals surface area contributed by atoms with Crippen molar-refractivity contribution in [1.82, 2.24) is 31.4 Å². The summed E-state index contributed by atoms with van der Waals surface area (Å²) in [6.07, 6.45) is -0.797. The van der Waals surface area contributed by atoms with Crippen LogP contribution in [0.1, 0.15) is 59.9 Å². The number of amides is 6. The van der Waals surface area contributed by atoms with Crippen LogP contribution in [-0.4, -0.2) is 82.4 Å². The number of fused-ring (bicyclic) bond motifs is 2. The second-order valence-corrected chi connectivity index (χ2v) is 11.8. The zero-order chi connectivity index (χ0) is 30.4. The molecule has 1 aromatic rings. The maximum atomic E-state index is 13.0. The van der Waals surface area contributed by atoms with E-state index in [1.807, 2.05) is 30.3 Å². The van der Waals surface area contributed by atoms with Crippen molar-refractivity contribution in [3.8, 4) is 0 Å². The van der Waals surface area contributed by atoms with Crippen LogP contribution >= 0.6 is 0 Å².